The quantitative estimate of drug-likeness (QED) is 0.782. The molecule has 3 rings (SSSR count). The van der Waals surface area contributed by atoms with Crippen LogP contribution in [-0.2, 0) is 16.0 Å². The molecule has 28 heavy (non-hydrogen) atoms. The van der Waals surface area contributed by atoms with Crippen molar-refractivity contribution >= 4 is 12.0 Å². The van der Waals surface area contributed by atoms with Crippen molar-refractivity contribution in [1.82, 2.24) is 9.80 Å². The lowest BCUT2D eigenvalue weighted by Crippen LogP contribution is -2.47. The number of amides is 2. The third-order valence-electron chi connectivity index (χ3n) is 5.71. The molecule has 5 nitrogen and oxygen atoms in total. The minimum absolute atomic E-state index is 0.109. The van der Waals surface area contributed by atoms with Crippen LogP contribution in [0.5, 0.6) is 0 Å². The van der Waals surface area contributed by atoms with Crippen LogP contribution in [0.15, 0.2) is 30.3 Å². The maximum Gasteiger partial charge on any atom is 0.410 e. The lowest BCUT2D eigenvalue weighted by molar-refractivity contribution is -0.139. The van der Waals surface area contributed by atoms with E-state index in [1.807, 2.05) is 39.0 Å². The predicted molar refractivity (Wildman–Crippen MR) is 110 cm³/mol. The van der Waals surface area contributed by atoms with E-state index in [1.54, 1.807) is 4.90 Å². The summed E-state index contributed by atoms with van der Waals surface area (Å²) >= 11 is 0. The zero-order valence-electron chi connectivity index (χ0n) is 17.5. The topological polar surface area (TPSA) is 49.9 Å². The summed E-state index contributed by atoms with van der Waals surface area (Å²) in [7, 11) is 0. The predicted octanol–water partition coefficient (Wildman–Crippen LogP) is 4.11. The molecule has 1 atom stereocenters. The summed E-state index contributed by atoms with van der Waals surface area (Å²) < 4.78 is 5.47. The van der Waals surface area contributed by atoms with Crippen molar-refractivity contribution in [2.45, 2.75) is 58.5 Å². The largest absolute Gasteiger partial charge is 0.444 e. The number of rotatable bonds is 4. The van der Waals surface area contributed by atoms with Crippen molar-refractivity contribution in [3.8, 4) is 0 Å². The number of carbonyl (C=O) groups excluding carboxylic acids is 2. The van der Waals surface area contributed by atoms with Crippen molar-refractivity contribution in [3.63, 3.8) is 0 Å². The van der Waals surface area contributed by atoms with Gasteiger partial charge in [-0.1, -0.05) is 30.3 Å². The van der Waals surface area contributed by atoms with Gasteiger partial charge in [-0.05, 0) is 64.4 Å². The van der Waals surface area contributed by atoms with Crippen LogP contribution in [0.1, 0.15) is 52.0 Å². The molecule has 2 aliphatic heterocycles. The SMILES string of the molecule is CC(C)(C)OC(=O)N1CCC(CN2CCC[C@H](Cc3ccccc3)C2=O)CC1. The Kier molecular flexibility index (Phi) is 6.63. The highest BCUT2D eigenvalue weighted by atomic mass is 16.6. The van der Waals surface area contributed by atoms with Gasteiger partial charge < -0.3 is 14.5 Å². The first-order chi connectivity index (χ1) is 13.3. The lowest BCUT2D eigenvalue weighted by Gasteiger charge is -2.38. The average Bonchev–Trinajstić information content (AvgIpc) is 2.65. The van der Waals surface area contributed by atoms with E-state index in [0.29, 0.717) is 11.8 Å². The molecule has 0 radical (unpaired) electrons. The van der Waals surface area contributed by atoms with Crippen LogP contribution >= 0.6 is 0 Å². The molecule has 5 heteroatoms. The monoisotopic (exact) mass is 386 g/mol. The third-order valence-corrected chi connectivity index (χ3v) is 5.71. The van der Waals surface area contributed by atoms with Crippen LogP contribution in [-0.4, -0.2) is 53.6 Å². The van der Waals surface area contributed by atoms with Crippen LogP contribution in [0.2, 0.25) is 0 Å². The van der Waals surface area contributed by atoms with Gasteiger partial charge in [0.15, 0.2) is 0 Å². The zero-order chi connectivity index (χ0) is 20.1. The number of benzene rings is 1. The summed E-state index contributed by atoms with van der Waals surface area (Å²) in [6.45, 7) is 8.81. The van der Waals surface area contributed by atoms with Gasteiger partial charge in [0.25, 0.3) is 0 Å². The molecular weight excluding hydrogens is 352 g/mol. The fourth-order valence-corrected chi connectivity index (χ4v) is 4.23. The van der Waals surface area contributed by atoms with Gasteiger partial charge in [0, 0.05) is 32.1 Å². The molecule has 1 aromatic rings. The van der Waals surface area contributed by atoms with Crippen LogP contribution in [0, 0.1) is 11.8 Å². The van der Waals surface area contributed by atoms with Gasteiger partial charge in [-0.2, -0.15) is 0 Å². The first-order valence-electron chi connectivity index (χ1n) is 10.6. The number of carbonyl (C=O) groups is 2. The first-order valence-corrected chi connectivity index (χ1v) is 10.6. The van der Waals surface area contributed by atoms with Crippen LogP contribution in [0.3, 0.4) is 0 Å². The Hall–Kier alpha value is -2.04. The van der Waals surface area contributed by atoms with Crippen molar-refractivity contribution in [1.29, 1.82) is 0 Å². The molecule has 2 amide bonds. The van der Waals surface area contributed by atoms with Crippen molar-refractivity contribution in [2.75, 3.05) is 26.2 Å². The molecule has 0 aliphatic carbocycles. The molecule has 0 spiro atoms. The van der Waals surface area contributed by atoms with Gasteiger partial charge in [-0.25, -0.2) is 4.79 Å². The maximum absolute atomic E-state index is 13.0. The first kappa shape index (κ1) is 20.7. The van der Waals surface area contributed by atoms with Gasteiger partial charge >= 0.3 is 6.09 Å². The highest BCUT2D eigenvalue weighted by molar-refractivity contribution is 5.80. The zero-order valence-corrected chi connectivity index (χ0v) is 17.5. The van der Waals surface area contributed by atoms with Crippen LogP contribution < -0.4 is 0 Å². The van der Waals surface area contributed by atoms with Gasteiger partial charge in [0.2, 0.25) is 5.91 Å². The van der Waals surface area contributed by atoms with Crippen molar-refractivity contribution < 1.29 is 14.3 Å². The molecule has 0 aromatic heterocycles. The van der Waals surface area contributed by atoms with E-state index in [4.69, 9.17) is 4.74 Å². The van der Waals surface area contributed by atoms with E-state index in [1.165, 1.54) is 5.56 Å². The summed E-state index contributed by atoms with van der Waals surface area (Å²) in [6.07, 6.45) is 4.57. The molecule has 2 saturated heterocycles. The Morgan fingerprint density at radius 2 is 1.75 bits per heavy atom. The Morgan fingerprint density at radius 3 is 2.39 bits per heavy atom. The van der Waals surface area contributed by atoms with Gasteiger partial charge in [0.05, 0.1) is 0 Å². The highest BCUT2D eigenvalue weighted by Gasteiger charge is 2.32. The fourth-order valence-electron chi connectivity index (χ4n) is 4.23. The second-order valence-corrected chi connectivity index (χ2v) is 9.22. The normalized spacial score (nSPS) is 21.7. The number of piperidine rings is 2. The third kappa shape index (κ3) is 5.73. The number of ether oxygens (including phenoxy) is 1. The molecule has 2 fully saturated rings. The standard InChI is InChI=1S/C23H34N2O3/c1-23(2,3)28-22(27)24-14-11-19(12-15-24)17-25-13-7-10-20(21(25)26)16-18-8-5-4-6-9-18/h4-6,8-9,19-20H,7,10-17H2,1-3H3/t20-/m1/s1. The summed E-state index contributed by atoms with van der Waals surface area (Å²) in [5.74, 6) is 0.890. The Balaban J connectivity index is 1.48. The average molecular weight is 387 g/mol. The molecular formula is C23H34N2O3. The van der Waals surface area contributed by atoms with E-state index in [9.17, 15) is 9.59 Å². The van der Waals surface area contributed by atoms with Crippen LogP contribution in [0.4, 0.5) is 4.79 Å². The van der Waals surface area contributed by atoms with E-state index >= 15 is 0 Å². The van der Waals surface area contributed by atoms with E-state index < -0.39 is 5.60 Å². The maximum atomic E-state index is 13.0. The second kappa shape index (κ2) is 8.97. The molecule has 2 heterocycles. The molecule has 154 valence electrons. The van der Waals surface area contributed by atoms with Gasteiger partial charge in [0.1, 0.15) is 5.60 Å². The number of hydrogen-bond acceptors (Lipinski definition) is 3. The number of hydrogen-bond donors (Lipinski definition) is 0. The molecule has 1 aromatic carbocycles. The minimum atomic E-state index is -0.456. The number of likely N-dealkylation sites (tertiary alicyclic amines) is 2. The molecule has 2 aliphatic rings. The van der Waals surface area contributed by atoms with Gasteiger partial charge in [-0.3, -0.25) is 4.79 Å². The lowest BCUT2D eigenvalue weighted by atomic mass is 9.89. The minimum Gasteiger partial charge on any atom is -0.444 e. The van der Waals surface area contributed by atoms with Crippen molar-refractivity contribution in [3.05, 3.63) is 35.9 Å². The Bertz CT molecular complexity index is 660. The van der Waals surface area contributed by atoms with E-state index in [-0.39, 0.29) is 12.0 Å². The summed E-state index contributed by atoms with van der Waals surface area (Å²) in [5.41, 5.74) is 0.787. The Labute approximate surface area is 169 Å². The molecule has 0 N–H and O–H groups in total. The molecule has 0 bridgehead atoms. The molecule has 0 saturated carbocycles. The van der Waals surface area contributed by atoms with Crippen LogP contribution in [0.25, 0.3) is 0 Å². The number of nitrogens with zero attached hydrogens (tertiary/aromatic N) is 2. The summed E-state index contributed by atoms with van der Waals surface area (Å²) in [5, 5.41) is 0. The van der Waals surface area contributed by atoms with E-state index in [2.05, 4.69) is 17.0 Å². The summed E-state index contributed by atoms with van der Waals surface area (Å²) in [4.78, 5) is 29.1. The fraction of sp³-hybridized carbons (Fsp3) is 0.652. The Morgan fingerprint density at radius 1 is 1.07 bits per heavy atom. The smallest absolute Gasteiger partial charge is 0.410 e. The molecule has 0 unspecified atom stereocenters. The van der Waals surface area contributed by atoms with Gasteiger partial charge in [-0.15, -0.1) is 0 Å². The highest BCUT2D eigenvalue weighted by Crippen LogP contribution is 2.26. The summed E-state index contributed by atoms with van der Waals surface area (Å²) in [6, 6.07) is 10.3. The second-order valence-electron chi connectivity index (χ2n) is 9.22. The van der Waals surface area contributed by atoms with E-state index in [0.717, 1.165) is 58.3 Å². The van der Waals surface area contributed by atoms with Crippen molar-refractivity contribution in [2.24, 2.45) is 11.8 Å².